The first-order valence-corrected chi connectivity index (χ1v) is 4.67. The van der Waals surface area contributed by atoms with Gasteiger partial charge in [0.05, 0.1) is 0 Å². The second-order valence-corrected chi connectivity index (χ2v) is 3.72. The van der Waals surface area contributed by atoms with Crippen molar-refractivity contribution in [2.75, 3.05) is 11.9 Å². The fourth-order valence-electron chi connectivity index (χ4n) is 1.69. The van der Waals surface area contributed by atoms with Crippen LogP contribution in [0.2, 0.25) is 0 Å². The summed E-state index contributed by atoms with van der Waals surface area (Å²) in [5, 5.41) is 0. The minimum Gasteiger partial charge on any atom is -0.358 e. The maximum Gasteiger partial charge on any atom is 0.104 e. The number of para-hydroxylation sites is 1. The smallest absolute Gasteiger partial charge is 0.104 e. The number of anilines is 1. The Kier molecular flexibility index (Phi) is 1.97. The molecule has 1 nitrogen and oxygen atoms in total. The van der Waals surface area contributed by atoms with Crippen LogP contribution in [0.3, 0.4) is 0 Å². The molecule has 12 heavy (non-hydrogen) atoms. The van der Waals surface area contributed by atoms with Crippen molar-refractivity contribution in [3.8, 4) is 0 Å². The van der Waals surface area contributed by atoms with Crippen LogP contribution in [0.25, 0.3) is 0 Å². The van der Waals surface area contributed by atoms with Crippen molar-refractivity contribution >= 4 is 17.3 Å². The van der Waals surface area contributed by atoms with E-state index in [4.69, 9.17) is 11.6 Å². The van der Waals surface area contributed by atoms with Gasteiger partial charge in [-0.15, -0.1) is 0 Å². The summed E-state index contributed by atoms with van der Waals surface area (Å²) in [6, 6.07) is 8.45. The molecule has 1 heterocycles. The van der Waals surface area contributed by atoms with E-state index in [9.17, 15) is 0 Å². The Morgan fingerprint density at radius 3 is 3.00 bits per heavy atom. The third-order valence-corrected chi connectivity index (χ3v) is 2.95. The number of hydrogen-bond acceptors (Lipinski definition) is 1. The summed E-state index contributed by atoms with van der Waals surface area (Å²) in [4.78, 5) is 2.14. The van der Waals surface area contributed by atoms with Crippen LogP contribution in [0.1, 0.15) is 12.0 Å². The zero-order valence-electron chi connectivity index (χ0n) is 7.13. The Morgan fingerprint density at radius 1 is 1.42 bits per heavy atom. The molecule has 0 spiro atoms. The maximum absolute atomic E-state index is 6.12. The summed E-state index contributed by atoms with van der Waals surface area (Å²) < 4.78 is 0. The number of fused-ring (bicyclic) bond motifs is 1. The van der Waals surface area contributed by atoms with Crippen LogP contribution in [0.15, 0.2) is 24.3 Å². The van der Waals surface area contributed by atoms with Crippen molar-refractivity contribution < 1.29 is 0 Å². The zero-order valence-corrected chi connectivity index (χ0v) is 7.88. The minimum absolute atomic E-state index is 0.167. The molecule has 0 bridgehead atoms. The highest BCUT2D eigenvalue weighted by molar-refractivity contribution is 6.22. The van der Waals surface area contributed by atoms with Crippen LogP contribution in [-0.4, -0.2) is 12.5 Å². The monoisotopic (exact) mass is 181 g/mol. The van der Waals surface area contributed by atoms with Gasteiger partial charge in [-0.05, 0) is 24.5 Å². The Bertz CT molecular complexity index is 285. The predicted octanol–water partition coefficient (Wildman–Crippen LogP) is 2.63. The van der Waals surface area contributed by atoms with E-state index in [-0.39, 0.29) is 5.50 Å². The summed E-state index contributed by atoms with van der Waals surface area (Å²) in [5.74, 6) is 0. The number of alkyl halides is 1. The fourth-order valence-corrected chi connectivity index (χ4v) is 1.90. The normalized spacial score (nSPS) is 22.2. The molecule has 1 atom stereocenters. The summed E-state index contributed by atoms with van der Waals surface area (Å²) in [6.07, 6.45) is 2.16. The van der Waals surface area contributed by atoms with Crippen molar-refractivity contribution in [3.63, 3.8) is 0 Å². The summed E-state index contributed by atoms with van der Waals surface area (Å²) >= 11 is 6.12. The highest BCUT2D eigenvalue weighted by Crippen LogP contribution is 2.30. The molecule has 0 aliphatic carbocycles. The molecule has 0 radical (unpaired) electrons. The van der Waals surface area contributed by atoms with E-state index in [1.807, 2.05) is 0 Å². The molecule has 0 saturated heterocycles. The van der Waals surface area contributed by atoms with Gasteiger partial charge in [0.25, 0.3) is 0 Å². The molecule has 0 fully saturated rings. The largest absolute Gasteiger partial charge is 0.358 e. The molecule has 1 aliphatic heterocycles. The Hall–Kier alpha value is -0.690. The summed E-state index contributed by atoms with van der Waals surface area (Å²) in [7, 11) is 2.05. The van der Waals surface area contributed by atoms with Crippen molar-refractivity contribution in [3.05, 3.63) is 29.8 Å². The van der Waals surface area contributed by atoms with Gasteiger partial charge < -0.3 is 4.90 Å². The van der Waals surface area contributed by atoms with Crippen LogP contribution in [0.5, 0.6) is 0 Å². The number of halogens is 1. The average Bonchev–Trinajstić information content (AvgIpc) is 2.12. The van der Waals surface area contributed by atoms with E-state index in [2.05, 4.69) is 36.2 Å². The molecule has 0 N–H and O–H groups in total. The van der Waals surface area contributed by atoms with Gasteiger partial charge in [0.1, 0.15) is 5.50 Å². The summed E-state index contributed by atoms with van der Waals surface area (Å²) in [6.45, 7) is 0. The third kappa shape index (κ3) is 1.18. The van der Waals surface area contributed by atoms with Crippen LogP contribution in [0.4, 0.5) is 5.69 Å². The first kappa shape index (κ1) is 7.93. The quantitative estimate of drug-likeness (QED) is 0.440. The van der Waals surface area contributed by atoms with Crippen LogP contribution in [-0.2, 0) is 6.42 Å². The number of hydrogen-bond donors (Lipinski definition) is 0. The van der Waals surface area contributed by atoms with Crippen molar-refractivity contribution in [1.29, 1.82) is 0 Å². The Labute approximate surface area is 77.9 Å². The second-order valence-electron chi connectivity index (χ2n) is 3.21. The molecule has 64 valence electrons. The Morgan fingerprint density at radius 2 is 2.17 bits per heavy atom. The van der Waals surface area contributed by atoms with Gasteiger partial charge in [-0.2, -0.15) is 0 Å². The van der Waals surface area contributed by atoms with E-state index in [1.165, 1.54) is 11.3 Å². The predicted molar refractivity (Wildman–Crippen MR) is 52.8 cm³/mol. The van der Waals surface area contributed by atoms with Gasteiger partial charge in [-0.1, -0.05) is 29.8 Å². The lowest BCUT2D eigenvalue weighted by molar-refractivity contribution is 0.694. The van der Waals surface area contributed by atoms with Gasteiger partial charge in [0.15, 0.2) is 0 Å². The van der Waals surface area contributed by atoms with E-state index < -0.39 is 0 Å². The van der Waals surface area contributed by atoms with Gasteiger partial charge in [0.2, 0.25) is 0 Å². The molecule has 0 amide bonds. The maximum atomic E-state index is 6.12. The average molecular weight is 182 g/mol. The molecule has 2 rings (SSSR count). The topological polar surface area (TPSA) is 3.24 Å². The second kappa shape index (κ2) is 2.98. The van der Waals surface area contributed by atoms with E-state index in [1.54, 1.807) is 0 Å². The molecule has 0 aromatic heterocycles. The van der Waals surface area contributed by atoms with Crippen LogP contribution < -0.4 is 4.90 Å². The van der Waals surface area contributed by atoms with Crippen LogP contribution >= 0.6 is 11.6 Å². The molecule has 2 heteroatoms. The molecule has 1 unspecified atom stereocenters. The number of aryl methyl sites for hydroxylation is 1. The lowest BCUT2D eigenvalue weighted by Crippen LogP contribution is -2.31. The highest BCUT2D eigenvalue weighted by Gasteiger charge is 2.19. The highest BCUT2D eigenvalue weighted by atomic mass is 35.5. The first-order chi connectivity index (χ1) is 5.79. The Balaban J connectivity index is 2.42. The lowest BCUT2D eigenvalue weighted by atomic mass is 10.0. The van der Waals surface area contributed by atoms with E-state index in [0.29, 0.717) is 0 Å². The van der Waals surface area contributed by atoms with Gasteiger partial charge >= 0.3 is 0 Å². The van der Waals surface area contributed by atoms with Gasteiger partial charge in [-0.25, -0.2) is 0 Å². The molecule has 1 aromatic rings. The SMILES string of the molecule is CN1c2ccccc2CCC1Cl. The van der Waals surface area contributed by atoms with E-state index in [0.717, 1.165) is 12.8 Å². The lowest BCUT2D eigenvalue weighted by Gasteiger charge is -2.31. The first-order valence-electron chi connectivity index (χ1n) is 4.24. The fraction of sp³-hybridized carbons (Fsp3) is 0.400. The molecule has 0 saturated carbocycles. The molecular weight excluding hydrogens is 170 g/mol. The van der Waals surface area contributed by atoms with Gasteiger partial charge in [0, 0.05) is 12.7 Å². The number of rotatable bonds is 0. The minimum atomic E-state index is 0.167. The molecule has 1 aromatic carbocycles. The third-order valence-electron chi connectivity index (χ3n) is 2.44. The van der Waals surface area contributed by atoms with Crippen molar-refractivity contribution in [2.45, 2.75) is 18.3 Å². The van der Waals surface area contributed by atoms with Crippen molar-refractivity contribution in [1.82, 2.24) is 0 Å². The summed E-state index contributed by atoms with van der Waals surface area (Å²) in [5.41, 5.74) is 2.86. The number of nitrogens with zero attached hydrogens (tertiary/aromatic N) is 1. The van der Waals surface area contributed by atoms with Gasteiger partial charge in [-0.3, -0.25) is 0 Å². The van der Waals surface area contributed by atoms with E-state index >= 15 is 0 Å². The van der Waals surface area contributed by atoms with Crippen LogP contribution in [0, 0.1) is 0 Å². The molecule has 1 aliphatic rings. The molecular formula is C10H12ClN. The number of benzene rings is 1. The standard InChI is InChI=1S/C10H12ClN/c1-12-9-5-3-2-4-8(9)6-7-10(12)11/h2-5,10H,6-7H2,1H3. The zero-order chi connectivity index (χ0) is 8.55. The van der Waals surface area contributed by atoms with Crippen molar-refractivity contribution in [2.24, 2.45) is 0 Å².